The van der Waals surface area contributed by atoms with Gasteiger partial charge in [-0.05, 0) is 36.4 Å². The fraction of sp³-hybridized carbons (Fsp3) is 0.105. The van der Waals surface area contributed by atoms with Crippen molar-refractivity contribution < 1.29 is 26.3 Å². The Morgan fingerprint density at radius 3 is 2.30 bits per heavy atom. The first-order chi connectivity index (χ1) is 14.1. The number of hydrogen-bond acceptors (Lipinski definition) is 4. The molecule has 0 aliphatic carbocycles. The quantitative estimate of drug-likeness (QED) is 0.402. The summed E-state index contributed by atoms with van der Waals surface area (Å²) in [6, 6.07) is 7.87. The molecule has 30 heavy (non-hydrogen) atoms. The van der Waals surface area contributed by atoms with Crippen molar-refractivity contribution in [2.75, 3.05) is 0 Å². The van der Waals surface area contributed by atoms with Crippen molar-refractivity contribution in [3.63, 3.8) is 0 Å². The number of aromatic nitrogens is 3. The minimum absolute atomic E-state index is 0.201. The zero-order chi connectivity index (χ0) is 21.6. The van der Waals surface area contributed by atoms with Gasteiger partial charge < -0.3 is 0 Å². The number of alkyl halides is 4. The Kier molecular flexibility index (Phi) is 4.85. The van der Waals surface area contributed by atoms with Crippen LogP contribution < -0.4 is 5.56 Å². The van der Waals surface area contributed by atoms with E-state index in [1.165, 1.54) is 29.6 Å². The van der Waals surface area contributed by atoms with Crippen LogP contribution in [-0.4, -0.2) is 20.7 Å². The molecule has 0 aliphatic heterocycles. The van der Waals surface area contributed by atoms with Crippen LogP contribution in [0.15, 0.2) is 52.6 Å². The molecule has 1 unspecified atom stereocenters. The first-order valence-electron chi connectivity index (χ1n) is 8.30. The summed E-state index contributed by atoms with van der Waals surface area (Å²) >= 11 is 0.780. The highest BCUT2D eigenvalue weighted by Gasteiger charge is 2.45. The lowest BCUT2D eigenvalue weighted by molar-refractivity contribution is -0.185. The van der Waals surface area contributed by atoms with Crippen molar-refractivity contribution in [1.82, 2.24) is 14.5 Å². The van der Waals surface area contributed by atoms with E-state index in [0.717, 1.165) is 29.5 Å². The molecule has 0 spiro atoms. The molecule has 0 aliphatic rings. The molecule has 0 fully saturated rings. The molecular formula is C19H9F6N3OS. The number of hydrogen-bond donors (Lipinski definition) is 0. The maximum atomic E-state index is 14.3. The number of halogens is 6. The van der Waals surface area contributed by atoms with E-state index in [2.05, 4.69) is 9.97 Å². The van der Waals surface area contributed by atoms with Crippen LogP contribution in [0.25, 0.3) is 27.3 Å². The summed E-state index contributed by atoms with van der Waals surface area (Å²) in [5, 5.41) is 0.960. The topological polar surface area (TPSA) is 47.8 Å². The van der Waals surface area contributed by atoms with Gasteiger partial charge in [0, 0.05) is 17.0 Å². The first-order valence-corrected chi connectivity index (χ1v) is 9.18. The number of nitrogens with zero attached hydrogens (tertiary/aromatic N) is 3. The van der Waals surface area contributed by atoms with Crippen molar-refractivity contribution in [1.29, 1.82) is 0 Å². The van der Waals surface area contributed by atoms with E-state index in [-0.39, 0.29) is 16.2 Å². The summed E-state index contributed by atoms with van der Waals surface area (Å²) in [4.78, 5) is 20.5. The van der Waals surface area contributed by atoms with Gasteiger partial charge in [-0.25, -0.2) is 27.7 Å². The van der Waals surface area contributed by atoms with Gasteiger partial charge in [0.2, 0.25) is 0 Å². The predicted molar refractivity (Wildman–Crippen MR) is 98.3 cm³/mol. The normalized spacial score (nSPS) is 13.0. The van der Waals surface area contributed by atoms with Crippen LogP contribution in [-0.2, 0) is 0 Å². The zero-order valence-electron chi connectivity index (χ0n) is 14.6. The van der Waals surface area contributed by atoms with Gasteiger partial charge in [-0.1, -0.05) is 0 Å². The standard InChI is InChI=1S/C19H9F6N3OS/c20-10-3-1-9(2-4-10)14-8-30-18(27-14)28-16(15(22)19(23,24)25)26-13-7-11(21)5-6-12(13)17(28)29/h1-8,15H. The molecule has 154 valence electrons. The third-order valence-electron chi connectivity index (χ3n) is 4.19. The van der Waals surface area contributed by atoms with E-state index in [1.54, 1.807) is 0 Å². The lowest BCUT2D eigenvalue weighted by Gasteiger charge is -2.16. The highest BCUT2D eigenvalue weighted by atomic mass is 32.1. The molecule has 4 nitrogen and oxygen atoms in total. The number of rotatable bonds is 3. The molecule has 2 aromatic heterocycles. The van der Waals surface area contributed by atoms with E-state index in [4.69, 9.17) is 0 Å². The zero-order valence-corrected chi connectivity index (χ0v) is 15.4. The maximum absolute atomic E-state index is 14.3. The van der Waals surface area contributed by atoms with Crippen LogP contribution in [0, 0.1) is 11.6 Å². The summed E-state index contributed by atoms with van der Waals surface area (Å²) in [5.74, 6) is -2.59. The molecule has 0 amide bonds. The second kappa shape index (κ2) is 7.24. The molecule has 0 bridgehead atoms. The predicted octanol–water partition coefficient (Wildman–Crippen LogP) is 5.36. The van der Waals surface area contributed by atoms with Crippen molar-refractivity contribution in [2.45, 2.75) is 12.3 Å². The molecule has 2 aromatic carbocycles. The van der Waals surface area contributed by atoms with Gasteiger partial charge in [-0.15, -0.1) is 11.3 Å². The Morgan fingerprint density at radius 1 is 0.967 bits per heavy atom. The summed E-state index contributed by atoms with van der Waals surface area (Å²) in [7, 11) is 0. The minimum Gasteiger partial charge on any atom is -0.268 e. The minimum atomic E-state index is -5.35. The van der Waals surface area contributed by atoms with Gasteiger partial charge in [0.15, 0.2) is 11.0 Å². The van der Waals surface area contributed by atoms with E-state index >= 15 is 0 Å². The molecule has 0 N–H and O–H groups in total. The summed E-state index contributed by atoms with van der Waals surface area (Å²) < 4.78 is 80.6. The lowest BCUT2D eigenvalue weighted by atomic mass is 10.2. The van der Waals surface area contributed by atoms with E-state index in [9.17, 15) is 31.1 Å². The van der Waals surface area contributed by atoms with Crippen molar-refractivity contribution in [2.24, 2.45) is 0 Å². The first kappa shape index (κ1) is 20.1. The lowest BCUT2D eigenvalue weighted by Crippen LogP contribution is -2.29. The fourth-order valence-corrected chi connectivity index (χ4v) is 3.64. The average Bonchev–Trinajstić information content (AvgIpc) is 3.16. The molecular weight excluding hydrogens is 432 g/mol. The molecule has 1 atom stereocenters. The highest BCUT2D eigenvalue weighted by Crippen LogP contribution is 2.36. The Morgan fingerprint density at radius 2 is 1.63 bits per heavy atom. The highest BCUT2D eigenvalue weighted by molar-refractivity contribution is 7.12. The third-order valence-corrected chi connectivity index (χ3v) is 5.02. The van der Waals surface area contributed by atoms with E-state index < -0.39 is 40.9 Å². The Balaban J connectivity index is 1.95. The van der Waals surface area contributed by atoms with Crippen LogP contribution in [0.3, 0.4) is 0 Å². The van der Waals surface area contributed by atoms with Crippen LogP contribution >= 0.6 is 11.3 Å². The van der Waals surface area contributed by atoms with Crippen molar-refractivity contribution in [3.05, 3.63) is 75.7 Å². The van der Waals surface area contributed by atoms with Crippen LogP contribution in [0.5, 0.6) is 0 Å². The van der Waals surface area contributed by atoms with E-state index in [0.29, 0.717) is 10.1 Å². The average molecular weight is 441 g/mol. The Labute approximate surface area is 168 Å². The molecule has 0 saturated heterocycles. The number of fused-ring (bicyclic) bond motifs is 1. The summed E-state index contributed by atoms with van der Waals surface area (Å²) in [5.41, 5.74) is -0.748. The molecule has 11 heteroatoms. The van der Waals surface area contributed by atoms with Crippen molar-refractivity contribution >= 4 is 22.2 Å². The van der Waals surface area contributed by atoms with E-state index in [1.807, 2.05) is 0 Å². The van der Waals surface area contributed by atoms with Gasteiger partial charge in [-0.3, -0.25) is 4.79 Å². The summed E-state index contributed by atoms with van der Waals surface area (Å²) in [6.45, 7) is 0. The van der Waals surface area contributed by atoms with Gasteiger partial charge in [-0.2, -0.15) is 13.2 Å². The maximum Gasteiger partial charge on any atom is 0.427 e. The summed E-state index contributed by atoms with van der Waals surface area (Å²) in [6.07, 6.45) is -8.95. The largest absolute Gasteiger partial charge is 0.427 e. The van der Waals surface area contributed by atoms with Gasteiger partial charge in [0.1, 0.15) is 11.6 Å². The van der Waals surface area contributed by atoms with Crippen LogP contribution in [0.2, 0.25) is 0 Å². The molecule has 4 aromatic rings. The molecule has 0 saturated carbocycles. The van der Waals surface area contributed by atoms with Crippen LogP contribution in [0.1, 0.15) is 12.0 Å². The number of benzene rings is 2. The van der Waals surface area contributed by atoms with Crippen LogP contribution in [0.4, 0.5) is 26.3 Å². The second-order valence-electron chi connectivity index (χ2n) is 6.20. The second-order valence-corrected chi connectivity index (χ2v) is 7.03. The Hall–Kier alpha value is -3.21. The SMILES string of the molecule is O=c1c2ccc(F)cc2nc(C(F)C(F)(F)F)n1-c1nc(-c2ccc(F)cc2)cs1. The molecule has 0 radical (unpaired) electrons. The Bertz CT molecular complexity index is 1300. The van der Waals surface area contributed by atoms with Crippen molar-refractivity contribution in [3.8, 4) is 16.4 Å². The fourth-order valence-electron chi connectivity index (χ4n) is 2.80. The van der Waals surface area contributed by atoms with Gasteiger partial charge in [0.25, 0.3) is 11.7 Å². The third kappa shape index (κ3) is 3.56. The smallest absolute Gasteiger partial charge is 0.268 e. The van der Waals surface area contributed by atoms with Gasteiger partial charge >= 0.3 is 6.18 Å². The molecule has 2 heterocycles. The van der Waals surface area contributed by atoms with Gasteiger partial charge in [0.05, 0.1) is 16.6 Å². The number of thiazole rings is 1. The monoisotopic (exact) mass is 441 g/mol. The molecule has 4 rings (SSSR count).